The van der Waals surface area contributed by atoms with E-state index in [-0.39, 0.29) is 11.9 Å². The molecule has 1 unspecified atom stereocenters. The number of amides is 1. The summed E-state index contributed by atoms with van der Waals surface area (Å²) in [6.07, 6.45) is 1.49. The lowest BCUT2D eigenvalue weighted by molar-refractivity contribution is -0.119. The van der Waals surface area contributed by atoms with Gasteiger partial charge in [0, 0.05) is 19.2 Å². The van der Waals surface area contributed by atoms with Crippen LogP contribution in [-0.4, -0.2) is 25.6 Å². The quantitative estimate of drug-likeness (QED) is 0.806. The van der Waals surface area contributed by atoms with E-state index in [1.807, 2.05) is 31.3 Å². The molecule has 1 heterocycles. The van der Waals surface area contributed by atoms with Crippen molar-refractivity contribution in [2.45, 2.75) is 18.9 Å². The molecule has 1 aromatic rings. The van der Waals surface area contributed by atoms with Gasteiger partial charge in [-0.1, -0.05) is 0 Å². The van der Waals surface area contributed by atoms with E-state index in [4.69, 9.17) is 4.74 Å². The molecule has 1 aliphatic rings. The zero-order chi connectivity index (χ0) is 11.4. The van der Waals surface area contributed by atoms with Crippen molar-refractivity contribution in [3.63, 3.8) is 0 Å². The summed E-state index contributed by atoms with van der Waals surface area (Å²) >= 11 is 0. The number of carbonyl (C=O) groups is 1. The summed E-state index contributed by atoms with van der Waals surface area (Å²) in [7, 11) is 1.88. The van der Waals surface area contributed by atoms with Crippen LogP contribution in [0.25, 0.3) is 0 Å². The van der Waals surface area contributed by atoms with Gasteiger partial charge in [-0.2, -0.15) is 0 Å². The van der Waals surface area contributed by atoms with Crippen molar-refractivity contribution in [1.82, 2.24) is 5.32 Å². The monoisotopic (exact) mass is 220 g/mol. The highest BCUT2D eigenvalue weighted by Gasteiger charge is 2.20. The third kappa shape index (κ3) is 2.66. The van der Waals surface area contributed by atoms with Crippen LogP contribution in [0, 0.1) is 0 Å². The molecular formula is C12H16N2O2. The van der Waals surface area contributed by atoms with Crippen molar-refractivity contribution in [3.8, 4) is 5.75 Å². The Morgan fingerprint density at radius 1 is 1.44 bits per heavy atom. The molecule has 1 fully saturated rings. The Balaban J connectivity index is 1.82. The predicted molar refractivity (Wildman–Crippen MR) is 62.6 cm³/mol. The summed E-state index contributed by atoms with van der Waals surface area (Å²) in [5, 5.41) is 5.91. The summed E-state index contributed by atoms with van der Waals surface area (Å²) in [6.45, 7) is 0.546. The van der Waals surface area contributed by atoms with Gasteiger partial charge in [-0.15, -0.1) is 0 Å². The van der Waals surface area contributed by atoms with E-state index in [9.17, 15) is 4.79 Å². The van der Waals surface area contributed by atoms with Crippen molar-refractivity contribution in [1.29, 1.82) is 0 Å². The van der Waals surface area contributed by atoms with Crippen molar-refractivity contribution in [2.75, 3.05) is 19.0 Å². The van der Waals surface area contributed by atoms with Crippen LogP contribution in [0.15, 0.2) is 24.3 Å². The Labute approximate surface area is 95.0 Å². The number of benzene rings is 1. The summed E-state index contributed by atoms with van der Waals surface area (Å²) in [6, 6.07) is 7.92. The fraction of sp³-hybridized carbons (Fsp3) is 0.417. The molecule has 16 heavy (non-hydrogen) atoms. The Kier molecular flexibility index (Phi) is 3.29. The Bertz CT molecular complexity index is 362. The molecule has 1 atom stereocenters. The zero-order valence-electron chi connectivity index (χ0n) is 9.32. The van der Waals surface area contributed by atoms with Gasteiger partial charge in [0.25, 0.3) is 0 Å². The first kappa shape index (κ1) is 10.8. The molecule has 2 N–H and O–H groups in total. The molecule has 0 aromatic heterocycles. The highest BCUT2D eigenvalue weighted by molar-refractivity contribution is 5.78. The van der Waals surface area contributed by atoms with Crippen LogP contribution in [0.3, 0.4) is 0 Å². The first-order valence-corrected chi connectivity index (χ1v) is 5.48. The fourth-order valence-corrected chi connectivity index (χ4v) is 1.72. The van der Waals surface area contributed by atoms with E-state index >= 15 is 0 Å². The average molecular weight is 220 g/mol. The van der Waals surface area contributed by atoms with Gasteiger partial charge < -0.3 is 15.4 Å². The Morgan fingerprint density at radius 3 is 2.75 bits per heavy atom. The highest BCUT2D eigenvalue weighted by Crippen LogP contribution is 2.16. The molecule has 1 aromatic carbocycles. The number of anilines is 1. The summed E-state index contributed by atoms with van der Waals surface area (Å²) in [4.78, 5) is 11.0. The first-order chi connectivity index (χ1) is 7.78. The van der Waals surface area contributed by atoms with E-state index in [0.717, 1.165) is 17.9 Å². The first-order valence-electron chi connectivity index (χ1n) is 5.48. The highest BCUT2D eigenvalue weighted by atomic mass is 16.5. The third-order valence-corrected chi connectivity index (χ3v) is 2.68. The standard InChI is InChI=1S/C12H16N2O2/c1-13-9-2-5-11(6-3-9)16-8-10-4-7-12(15)14-10/h2-3,5-6,10,13H,4,7-8H2,1H3,(H,14,15). The zero-order valence-corrected chi connectivity index (χ0v) is 9.32. The summed E-state index contributed by atoms with van der Waals surface area (Å²) < 4.78 is 5.60. The van der Waals surface area contributed by atoms with E-state index in [1.54, 1.807) is 0 Å². The molecule has 1 amide bonds. The minimum Gasteiger partial charge on any atom is -0.491 e. The number of ether oxygens (including phenoxy) is 1. The number of rotatable bonds is 4. The normalized spacial score (nSPS) is 19.3. The molecular weight excluding hydrogens is 204 g/mol. The Morgan fingerprint density at radius 2 is 2.19 bits per heavy atom. The smallest absolute Gasteiger partial charge is 0.220 e. The van der Waals surface area contributed by atoms with Crippen LogP contribution in [0.1, 0.15) is 12.8 Å². The van der Waals surface area contributed by atoms with Crippen molar-refractivity contribution in [2.24, 2.45) is 0 Å². The topological polar surface area (TPSA) is 50.4 Å². The largest absolute Gasteiger partial charge is 0.491 e. The molecule has 0 aliphatic carbocycles. The molecule has 86 valence electrons. The molecule has 2 rings (SSSR count). The van der Waals surface area contributed by atoms with E-state index in [1.165, 1.54) is 0 Å². The van der Waals surface area contributed by atoms with Gasteiger partial charge in [0.2, 0.25) is 5.91 Å². The molecule has 4 heteroatoms. The average Bonchev–Trinajstić information content (AvgIpc) is 2.73. The fourth-order valence-electron chi connectivity index (χ4n) is 1.72. The van der Waals surface area contributed by atoms with Crippen molar-refractivity contribution < 1.29 is 9.53 Å². The molecule has 0 radical (unpaired) electrons. The maximum absolute atomic E-state index is 11.0. The minimum atomic E-state index is 0.124. The van der Waals surface area contributed by atoms with Crippen LogP contribution in [0.4, 0.5) is 5.69 Å². The molecule has 4 nitrogen and oxygen atoms in total. The number of hydrogen-bond acceptors (Lipinski definition) is 3. The van der Waals surface area contributed by atoms with Crippen LogP contribution in [-0.2, 0) is 4.79 Å². The molecule has 0 bridgehead atoms. The second kappa shape index (κ2) is 4.88. The second-order valence-electron chi connectivity index (χ2n) is 3.89. The Hall–Kier alpha value is -1.71. The predicted octanol–water partition coefficient (Wildman–Crippen LogP) is 1.39. The van der Waals surface area contributed by atoms with Crippen molar-refractivity contribution in [3.05, 3.63) is 24.3 Å². The lowest BCUT2D eigenvalue weighted by Crippen LogP contribution is -2.30. The number of nitrogens with one attached hydrogen (secondary N) is 2. The van der Waals surface area contributed by atoms with E-state index in [2.05, 4.69) is 10.6 Å². The molecule has 0 spiro atoms. The molecule has 1 saturated heterocycles. The second-order valence-corrected chi connectivity index (χ2v) is 3.89. The number of hydrogen-bond donors (Lipinski definition) is 2. The van der Waals surface area contributed by atoms with Gasteiger partial charge in [-0.05, 0) is 30.7 Å². The molecule has 1 aliphatic heterocycles. The SMILES string of the molecule is CNc1ccc(OCC2CCC(=O)N2)cc1. The van der Waals surface area contributed by atoms with Crippen LogP contribution >= 0.6 is 0 Å². The van der Waals surface area contributed by atoms with Crippen LogP contribution < -0.4 is 15.4 Å². The van der Waals surface area contributed by atoms with Gasteiger partial charge in [0.05, 0.1) is 6.04 Å². The van der Waals surface area contributed by atoms with Crippen LogP contribution in [0.2, 0.25) is 0 Å². The lowest BCUT2D eigenvalue weighted by atomic mass is 10.2. The van der Waals surface area contributed by atoms with Gasteiger partial charge in [0.1, 0.15) is 12.4 Å². The van der Waals surface area contributed by atoms with E-state index in [0.29, 0.717) is 13.0 Å². The summed E-state index contributed by atoms with van der Waals surface area (Å²) in [5.41, 5.74) is 1.06. The van der Waals surface area contributed by atoms with Crippen molar-refractivity contribution >= 4 is 11.6 Å². The maximum atomic E-state index is 11.0. The lowest BCUT2D eigenvalue weighted by Gasteiger charge is -2.12. The summed E-state index contributed by atoms with van der Waals surface area (Å²) in [5.74, 6) is 0.958. The van der Waals surface area contributed by atoms with Gasteiger partial charge in [-0.3, -0.25) is 4.79 Å². The van der Waals surface area contributed by atoms with E-state index < -0.39 is 0 Å². The molecule has 0 saturated carbocycles. The number of carbonyl (C=O) groups excluding carboxylic acids is 1. The minimum absolute atomic E-state index is 0.124. The maximum Gasteiger partial charge on any atom is 0.220 e. The van der Waals surface area contributed by atoms with Gasteiger partial charge >= 0.3 is 0 Å². The van der Waals surface area contributed by atoms with Crippen LogP contribution in [0.5, 0.6) is 5.75 Å². The third-order valence-electron chi connectivity index (χ3n) is 2.68. The van der Waals surface area contributed by atoms with Gasteiger partial charge in [0.15, 0.2) is 0 Å². The van der Waals surface area contributed by atoms with Gasteiger partial charge in [-0.25, -0.2) is 0 Å².